The van der Waals surface area contributed by atoms with Gasteiger partial charge in [-0.15, -0.1) is 0 Å². The number of pyridine rings is 3. The lowest BCUT2D eigenvalue weighted by molar-refractivity contribution is -0.118. The maximum absolute atomic E-state index is 12.1. The number of carbonyl (C=O) groups is 1. The van der Waals surface area contributed by atoms with E-state index in [0.717, 1.165) is 49.9 Å². The van der Waals surface area contributed by atoms with Gasteiger partial charge in [0, 0.05) is 63.7 Å². The first-order chi connectivity index (χ1) is 17.6. The molecular weight excluding hydrogens is 450 g/mol. The average molecular weight is 474 g/mol. The molecule has 0 radical (unpaired) electrons. The minimum atomic E-state index is -0.116. The number of nitrogens with one attached hydrogen (secondary N) is 3. The van der Waals surface area contributed by atoms with E-state index in [-0.39, 0.29) is 11.8 Å². The van der Waals surface area contributed by atoms with Gasteiger partial charge in [-0.25, -0.2) is 4.98 Å². The summed E-state index contributed by atoms with van der Waals surface area (Å²) in [5, 5.41) is 12.5. The summed E-state index contributed by atoms with van der Waals surface area (Å²) in [5.74, 6) is -0.167. The predicted octanol–water partition coefficient (Wildman–Crippen LogP) is 5.82. The molecule has 1 aromatic carbocycles. The Bertz CT molecular complexity index is 1720. The van der Waals surface area contributed by atoms with Crippen LogP contribution in [0.4, 0.5) is 5.69 Å². The Morgan fingerprint density at radius 2 is 1.75 bits per heavy atom. The topological polar surface area (TPSA) is 112 Å². The maximum Gasteiger partial charge on any atom is 0.226 e. The standard InChI is InChI=1S/C28H23N7O/c1-16(2)28(36)32-20-9-18(13-30-15-20)19-10-23-26(34-35-27(23)31-14-19)25-11-22-21(6-3-7-24(22)33-25)17-5-4-8-29-12-17/h3-16,33H,1-2H3,(H,32,36)(H,31,34,35). The zero-order valence-corrected chi connectivity index (χ0v) is 19.8. The molecule has 176 valence electrons. The molecule has 8 heteroatoms. The molecule has 6 rings (SSSR count). The van der Waals surface area contributed by atoms with Gasteiger partial charge < -0.3 is 10.3 Å². The molecule has 36 heavy (non-hydrogen) atoms. The molecule has 5 aromatic heterocycles. The van der Waals surface area contributed by atoms with Crippen LogP contribution in [-0.4, -0.2) is 36.0 Å². The van der Waals surface area contributed by atoms with Crippen molar-refractivity contribution in [2.24, 2.45) is 5.92 Å². The Balaban J connectivity index is 1.41. The molecule has 1 amide bonds. The number of anilines is 1. The maximum atomic E-state index is 12.1. The van der Waals surface area contributed by atoms with Crippen molar-refractivity contribution in [3.63, 3.8) is 0 Å². The Hall–Kier alpha value is -4.85. The normalized spacial score (nSPS) is 11.4. The minimum absolute atomic E-state index is 0.0517. The molecule has 0 aliphatic heterocycles. The lowest BCUT2D eigenvalue weighted by atomic mass is 10.0. The van der Waals surface area contributed by atoms with Crippen molar-refractivity contribution in [1.82, 2.24) is 30.1 Å². The van der Waals surface area contributed by atoms with Gasteiger partial charge in [-0.3, -0.25) is 19.9 Å². The molecule has 3 N–H and O–H groups in total. The third kappa shape index (κ3) is 3.88. The number of amides is 1. The first-order valence-corrected chi connectivity index (χ1v) is 11.7. The first kappa shape index (κ1) is 21.7. The van der Waals surface area contributed by atoms with Crippen LogP contribution >= 0.6 is 0 Å². The van der Waals surface area contributed by atoms with E-state index in [2.05, 4.69) is 59.7 Å². The Morgan fingerprint density at radius 1 is 0.889 bits per heavy atom. The van der Waals surface area contributed by atoms with Crippen LogP contribution in [0.25, 0.3) is 55.6 Å². The van der Waals surface area contributed by atoms with Gasteiger partial charge in [0.25, 0.3) is 0 Å². The summed E-state index contributed by atoms with van der Waals surface area (Å²) in [6, 6.07) is 16.3. The smallest absolute Gasteiger partial charge is 0.226 e. The number of rotatable bonds is 5. The highest BCUT2D eigenvalue weighted by atomic mass is 16.1. The predicted molar refractivity (Wildman–Crippen MR) is 141 cm³/mol. The Morgan fingerprint density at radius 3 is 2.58 bits per heavy atom. The van der Waals surface area contributed by atoms with Gasteiger partial charge in [0.15, 0.2) is 5.65 Å². The van der Waals surface area contributed by atoms with Crippen molar-refractivity contribution in [3.8, 4) is 33.6 Å². The molecule has 0 aliphatic rings. The molecule has 0 spiro atoms. The van der Waals surface area contributed by atoms with E-state index in [1.807, 2.05) is 44.3 Å². The molecule has 0 saturated carbocycles. The molecule has 6 aromatic rings. The van der Waals surface area contributed by atoms with E-state index < -0.39 is 0 Å². The van der Waals surface area contributed by atoms with Crippen molar-refractivity contribution in [3.05, 3.63) is 79.5 Å². The quantitative estimate of drug-likeness (QED) is 0.292. The highest BCUT2D eigenvalue weighted by molar-refractivity contribution is 6.01. The summed E-state index contributed by atoms with van der Waals surface area (Å²) in [6.07, 6.45) is 8.82. The molecule has 0 fully saturated rings. The summed E-state index contributed by atoms with van der Waals surface area (Å²) >= 11 is 0. The first-order valence-electron chi connectivity index (χ1n) is 11.7. The van der Waals surface area contributed by atoms with Crippen molar-refractivity contribution >= 4 is 33.5 Å². The molecule has 0 unspecified atom stereocenters. The fraction of sp³-hybridized carbons (Fsp3) is 0.107. The van der Waals surface area contributed by atoms with Crippen molar-refractivity contribution < 1.29 is 4.79 Å². The van der Waals surface area contributed by atoms with Crippen LogP contribution in [0.2, 0.25) is 0 Å². The molecule has 8 nitrogen and oxygen atoms in total. The fourth-order valence-electron chi connectivity index (χ4n) is 4.28. The SMILES string of the molecule is CC(C)C(=O)Nc1cncc(-c2cnc3n[nH]c(-c4cc5c(-c6cccnc6)cccc5[nH]4)c3c2)c1. The van der Waals surface area contributed by atoms with Crippen LogP contribution in [0.15, 0.2) is 79.5 Å². The number of benzene rings is 1. The monoisotopic (exact) mass is 473 g/mol. The molecule has 0 bridgehead atoms. The number of fused-ring (bicyclic) bond motifs is 2. The highest BCUT2D eigenvalue weighted by Gasteiger charge is 2.15. The molecule has 0 atom stereocenters. The summed E-state index contributed by atoms with van der Waals surface area (Å²) in [5.41, 5.74) is 7.97. The van der Waals surface area contributed by atoms with Gasteiger partial charge in [-0.2, -0.15) is 5.10 Å². The zero-order chi connectivity index (χ0) is 24.6. The molecular formula is C28H23N7O. The van der Waals surface area contributed by atoms with Crippen molar-refractivity contribution in [2.45, 2.75) is 13.8 Å². The molecule has 0 saturated heterocycles. The molecule has 5 heterocycles. The van der Waals surface area contributed by atoms with Gasteiger partial charge in [-0.1, -0.05) is 32.0 Å². The number of hydrogen-bond donors (Lipinski definition) is 3. The third-order valence-electron chi connectivity index (χ3n) is 6.18. The average Bonchev–Trinajstić information content (AvgIpc) is 3.53. The summed E-state index contributed by atoms with van der Waals surface area (Å²) in [6.45, 7) is 3.71. The lowest BCUT2D eigenvalue weighted by Crippen LogP contribution is -2.17. The van der Waals surface area contributed by atoms with Crippen LogP contribution in [-0.2, 0) is 4.79 Å². The van der Waals surface area contributed by atoms with E-state index in [1.165, 1.54) is 0 Å². The zero-order valence-electron chi connectivity index (χ0n) is 19.8. The molecule has 0 aliphatic carbocycles. The number of aromatic amines is 2. The van der Waals surface area contributed by atoms with Crippen molar-refractivity contribution in [2.75, 3.05) is 5.32 Å². The van der Waals surface area contributed by atoms with Crippen LogP contribution < -0.4 is 5.32 Å². The fourth-order valence-corrected chi connectivity index (χ4v) is 4.28. The lowest BCUT2D eigenvalue weighted by Gasteiger charge is -2.09. The number of carbonyl (C=O) groups excluding carboxylic acids is 1. The highest BCUT2D eigenvalue weighted by Crippen LogP contribution is 2.34. The van der Waals surface area contributed by atoms with Gasteiger partial charge in [0.1, 0.15) is 0 Å². The van der Waals surface area contributed by atoms with Crippen molar-refractivity contribution in [1.29, 1.82) is 0 Å². The van der Waals surface area contributed by atoms with Gasteiger partial charge in [0.05, 0.1) is 23.3 Å². The second kappa shape index (κ2) is 8.74. The summed E-state index contributed by atoms with van der Waals surface area (Å²) in [4.78, 5) is 28.8. The van der Waals surface area contributed by atoms with E-state index in [0.29, 0.717) is 11.3 Å². The van der Waals surface area contributed by atoms with Gasteiger partial charge in [-0.05, 0) is 35.9 Å². The van der Waals surface area contributed by atoms with Gasteiger partial charge in [0.2, 0.25) is 5.91 Å². The van der Waals surface area contributed by atoms with Crippen LogP contribution in [0, 0.1) is 5.92 Å². The number of nitrogens with zero attached hydrogens (tertiary/aromatic N) is 4. The van der Waals surface area contributed by atoms with Crippen LogP contribution in [0.3, 0.4) is 0 Å². The van der Waals surface area contributed by atoms with E-state index >= 15 is 0 Å². The second-order valence-electron chi connectivity index (χ2n) is 8.99. The number of hydrogen-bond acceptors (Lipinski definition) is 5. The van der Waals surface area contributed by atoms with Gasteiger partial charge >= 0.3 is 0 Å². The minimum Gasteiger partial charge on any atom is -0.353 e. The third-order valence-corrected chi connectivity index (χ3v) is 6.18. The van der Waals surface area contributed by atoms with E-state index in [1.54, 1.807) is 24.8 Å². The Labute approximate surface area is 206 Å². The Kier molecular flexibility index (Phi) is 5.26. The summed E-state index contributed by atoms with van der Waals surface area (Å²) in [7, 11) is 0. The number of H-pyrrole nitrogens is 2. The summed E-state index contributed by atoms with van der Waals surface area (Å²) < 4.78 is 0. The van der Waals surface area contributed by atoms with Crippen LogP contribution in [0.5, 0.6) is 0 Å². The van der Waals surface area contributed by atoms with E-state index in [9.17, 15) is 4.79 Å². The van der Waals surface area contributed by atoms with E-state index in [4.69, 9.17) is 0 Å². The number of aromatic nitrogens is 6. The van der Waals surface area contributed by atoms with Crippen LogP contribution in [0.1, 0.15) is 13.8 Å². The largest absolute Gasteiger partial charge is 0.353 e. The second-order valence-corrected chi connectivity index (χ2v) is 8.99.